The third kappa shape index (κ3) is 9.29. The highest BCUT2D eigenvalue weighted by molar-refractivity contribution is 6.05. The van der Waals surface area contributed by atoms with Crippen LogP contribution in [-0.2, 0) is 28.6 Å². The number of allylic oxidation sites excluding steroid dienone is 1. The van der Waals surface area contributed by atoms with Crippen LogP contribution in [0.3, 0.4) is 0 Å². The number of hydrogen-bond acceptors (Lipinski definition) is 10. The van der Waals surface area contributed by atoms with Crippen LogP contribution in [0.1, 0.15) is 165 Å². The number of carbonyl (C=O) groups excluding carboxylic acids is 3. The molecule has 0 radical (unpaired) electrons. The van der Waals surface area contributed by atoms with Gasteiger partial charge < -0.3 is 34.6 Å². The molecule has 4 N–H and O–H groups in total. The molecule has 1 heterocycles. The number of hydrogen-bond donors (Lipinski definition) is 4. The van der Waals surface area contributed by atoms with Crippen molar-refractivity contribution in [2.24, 2.45) is 35.0 Å². The maximum Gasteiger partial charge on any atom is 0.333 e. The Balaban J connectivity index is -0.00000160. The van der Waals surface area contributed by atoms with Crippen molar-refractivity contribution in [3.8, 4) is 0 Å². The fraction of sp³-hybridized carbons (Fsp3) is 0.844. The van der Waals surface area contributed by atoms with E-state index in [1.165, 1.54) is 19.4 Å². The Morgan fingerprint density at radius 3 is 1.80 bits per heavy atom. The van der Waals surface area contributed by atoms with Crippen molar-refractivity contribution >= 4 is 17.7 Å². The Hall–Kier alpha value is -2.11. The third-order valence-corrected chi connectivity index (χ3v) is 11.3. The van der Waals surface area contributed by atoms with Crippen LogP contribution in [0, 0.1) is 35.0 Å². The van der Waals surface area contributed by atoms with Gasteiger partial charge in [0.25, 0.3) is 0 Å². The molecule has 3 saturated carbocycles. The molecule has 0 bridgehead atoms. The summed E-state index contributed by atoms with van der Waals surface area (Å²) in [5, 5.41) is 46.8. The quantitative estimate of drug-likeness (QED) is 0.116. The van der Waals surface area contributed by atoms with Crippen LogP contribution < -0.4 is 0 Å². The molecule has 4 aliphatic carbocycles. The summed E-state index contributed by atoms with van der Waals surface area (Å²) in [7, 11) is 0. The van der Waals surface area contributed by atoms with Crippen molar-refractivity contribution in [2.45, 2.75) is 206 Å². The highest BCUT2D eigenvalue weighted by Crippen LogP contribution is 2.80. The molecule has 0 aromatic carbocycles. The van der Waals surface area contributed by atoms with Gasteiger partial charge in [-0.2, -0.15) is 0 Å². The van der Waals surface area contributed by atoms with E-state index in [4.69, 9.17) is 14.2 Å². The van der Waals surface area contributed by atoms with E-state index in [1.807, 2.05) is 104 Å². The number of carbonyl (C=O) groups is 3. The van der Waals surface area contributed by atoms with E-state index in [2.05, 4.69) is 13.8 Å². The maximum absolute atomic E-state index is 13.4. The lowest BCUT2D eigenvalue weighted by Crippen LogP contribution is -2.69. The van der Waals surface area contributed by atoms with Crippen LogP contribution in [0.25, 0.3) is 0 Å². The summed E-state index contributed by atoms with van der Waals surface area (Å²) in [6.07, 6.45) is 0.880. The Bertz CT molecular complexity index is 1240. The first-order valence-corrected chi connectivity index (χ1v) is 21.6. The fourth-order valence-electron chi connectivity index (χ4n) is 8.43. The molecule has 1 saturated heterocycles. The molecule has 0 aromatic heterocycles. The van der Waals surface area contributed by atoms with Crippen LogP contribution in [0.4, 0.5) is 0 Å². The van der Waals surface area contributed by atoms with E-state index in [9.17, 15) is 34.8 Å². The van der Waals surface area contributed by atoms with Gasteiger partial charge in [-0.05, 0) is 32.8 Å². The smallest absolute Gasteiger partial charge is 0.333 e. The van der Waals surface area contributed by atoms with Crippen molar-refractivity contribution in [1.29, 1.82) is 0 Å². The molecule has 0 aromatic rings. The van der Waals surface area contributed by atoms with Crippen LogP contribution in [-0.4, -0.2) is 85.5 Å². The average Bonchev–Trinajstić information content (AvgIpc) is 4.05. The van der Waals surface area contributed by atoms with Crippen LogP contribution in [0.2, 0.25) is 0 Å². The fourth-order valence-corrected chi connectivity index (χ4v) is 8.43. The highest BCUT2D eigenvalue weighted by Gasteiger charge is 2.93. The molecule has 5 aliphatic rings. The summed E-state index contributed by atoms with van der Waals surface area (Å²) in [5.74, 6) is -6.16. The predicted octanol–water partition coefficient (Wildman–Crippen LogP) is 8.80. The van der Waals surface area contributed by atoms with Gasteiger partial charge in [0.2, 0.25) is 0 Å². The number of Topliss-reactive ketones (excluding diaryl/α,β-unsaturated/α-hetero) is 1. The van der Waals surface area contributed by atoms with Crippen molar-refractivity contribution in [1.82, 2.24) is 0 Å². The zero-order chi connectivity index (χ0) is 44.7. The van der Waals surface area contributed by atoms with Crippen LogP contribution in [0.15, 0.2) is 23.3 Å². The zero-order valence-corrected chi connectivity index (χ0v) is 39.1. The van der Waals surface area contributed by atoms with Gasteiger partial charge in [-0.1, -0.05) is 150 Å². The summed E-state index contributed by atoms with van der Waals surface area (Å²) < 4.78 is 18.4. The first-order chi connectivity index (χ1) is 25.9. The molecular weight excluding hydrogens is 700 g/mol. The molecule has 0 spiro atoms. The molecule has 10 nitrogen and oxygen atoms in total. The lowest BCUT2D eigenvalue weighted by atomic mass is 9.58. The first-order valence-electron chi connectivity index (χ1n) is 21.6. The van der Waals surface area contributed by atoms with Crippen molar-refractivity contribution in [3.05, 3.63) is 23.3 Å². The second-order valence-corrected chi connectivity index (χ2v) is 14.0. The van der Waals surface area contributed by atoms with Crippen molar-refractivity contribution < 1.29 is 49.0 Å². The molecule has 4 fully saturated rings. The number of epoxide rings is 1. The number of ether oxygens (including phenoxy) is 3. The van der Waals surface area contributed by atoms with Gasteiger partial charge in [-0.3, -0.25) is 9.59 Å². The van der Waals surface area contributed by atoms with E-state index < -0.39 is 100 Å². The molecule has 1 aliphatic heterocycles. The molecular formula is C45H86O10. The van der Waals surface area contributed by atoms with Crippen LogP contribution >= 0.6 is 0 Å². The molecule has 55 heavy (non-hydrogen) atoms. The van der Waals surface area contributed by atoms with Crippen molar-refractivity contribution in [3.63, 3.8) is 0 Å². The summed E-state index contributed by atoms with van der Waals surface area (Å²) in [6.45, 7) is 41.3. The second-order valence-electron chi connectivity index (χ2n) is 14.0. The van der Waals surface area contributed by atoms with Gasteiger partial charge in [0.1, 0.15) is 17.8 Å². The number of aliphatic hydroxyl groups excluding tert-OH is 2. The van der Waals surface area contributed by atoms with Gasteiger partial charge in [0.15, 0.2) is 17.0 Å². The average molecular weight is 787 g/mol. The minimum absolute atomic E-state index is 0.159. The molecule has 0 amide bonds. The Labute approximate surface area is 336 Å². The number of esters is 2. The lowest BCUT2D eigenvalue weighted by molar-refractivity contribution is -0.245. The van der Waals surface area contributed by atoms with Gasteiger partial charge in [0, 0.05) is 34.7 Å². The summed E-state index contributed by atoms with van der Waals surface area (Å²) in [5.41, 5.74) is -7.88. The molecule has 5 rings (SSSR count). The van der Waals surface area contributed by atoms with Gasteiger partial charge in [-0.15, -0.1) is 0 Å². The van der Waals surface area contributed by atoms with E-state index in [1.54, 1.807) is 33.8 Å². The van der Waals surface area contributed by atoms with Crippen LogP contribution in [0.5, 0.6) is 0 Å². The minimum atomic E-state index is -2.49. The van der Waals surface area contributed by atoms with Crippen molar-refractivity contribution in [2.75, 3.05) is 6.61 Å². The summed E-state index contributed by atoms with van der Waals surface area (Å²) in [4.78, 5) is 39.9. The summed E-state index contributed by atoms with van der Waals surface area (Å²) >= 11 is 0. The predicted molar refractivity (Wildman–Crippen MR) is 224 cm³/mol. The number of aliphatic hydroxyl groups is 4. The number of ketones is 1. The molecule has 326 valence electrons. The molecule has 12 unspecified atom stereocenters. The van der Waals surface area contributed by atoms with Gasteiger partial charge in [-0.25, -0.2) is 4.79 Å². The van der Waals surface area contributed by atoms with E-state index >= 15 is 0 Å². The Kier molecular flexibility index (Phi) is 24.9. The van der Waals surface area contributed by atoms with Gasteiger partial charge in [0.05, 0.1) is 24.2 Å². The first kappa shape index (κ1) is 57.2. The summed E-state index contributed by atoms with van der Waals surface area (Å²) in [6, 6.07) is 0. The lowest BCUT2D eigenvalue weighted by Gasteiger charge is -2.53. The van der Waals surface area contributed by atoms with E-state index in [0.717, 1.165) is 0 Å². The Morgan fingerprint density at radius 1 is 0.945 bits per heavy atom. The minimum Gasteiger partial charge on any atom is -0.454 e. The monoisotopic (exact) mass is 787 g/mol. The molecule has 12 atom stereocenters. The number of rotatable bonds is 6. The second kappa shape index (κ2) is 24.0. The SMILES string of the molecule is C/C=C(\C)C(=O)OC1C(C)C2(O)C(C3OC3(CO)C(O)C3(O)C(=O)C(C)=CC32)C2C(C)(C)C12OC(=O)C(C)CC.CC.CC.CC.CC.CC.CC.CCC. The zero-order valence-electron chi connectivity index (χ0n) is 39.1. The Morgan fingerprint density at radius 2 is 1.40 bits per heavy atom. The third-order valence-electron chi connectivity index (χ3n) is 11.3. The highest BCUT2D eigenvalue weighted by atomic mass is 16.6. The maximum atomic E-state index is 13.4. The van der Waals surface area contributed by atoms with E-state index in [-0.39, 0.29) is 5.57 Å². The number of fused-ring (bicyclic) bond motifs is 7. The standard InChI is InChI=1S/C30H42O10.C3H8.6C2H6/c1-9-13(3)23(33)38-21-16(6)28(36)17-11-15(5)20(32)29(17,37)25(35)27(12-31)22(39-27)18(28)19-26(7,8)30(19,21)40-24(34)14(4)10-2;1-3-2;6*1-2/h9,11,14,16-19,21-22,25,31,35-37H,10,12H2,1-8H3;3H2,1-2H3;6*1-2H3/b13-9+;;;;;;;. The largest absolute Gasteiger partial charge is 0.454 e. The normalized spacial score (nSPS) is 36.5. The van der Waals surface area contributed by atoms with Gasteiger partial charge >= 0.3 is 11.9 Å². The van der Waals surface area contributed by atoms with E-state index in [0.29, 0.717) is 12.0 Å². The molecule has 10 heteroatoms. The topological polar surface area (TPSA) is 163 Å².